The minimum absolute atomic E-state index is 0.121. The molecule has 0 heterocycles. The van der Waals surface area contributed by atoms with E-state index in [4.69, 9.17) is 39.4 Å². The Hall–Kier alpha value is 0.780. The molecule has 1 N–H and O–H groups in total. The average molecular weight is 354 g/mol. The lowest BCUT2D eigenvalue weighted by Gasteiger charge is -2.09. The van der Waals surface area contributed by atoms with E-state index in [2.05, 4.69) is 0 Å². The zero-order chi connectivity index (χ0) is 14.8. The van der Waals surface area contributed by atoms with Crippen molar-refractivity contribution in [1.29, 1.82) is 0 Å². The standard InChI is InChI=1S/C12H23Cl3O3S/c13-12(14,15)10-8-6-4-2-1-3-5-7-9-11-19(16,17)18/h1-11H2,(H,16,17,18). The molecule has 0 aliphatic rings. The first-order valence-corrected chi connectivity index (χ1v) is 9.47. The molecule has 0 radical (unpaired) electrons. The Balaban J connectivity index is 3.16. The molecule has 0 saturated heterocycles. The maximum atomic E-state index is 10.5. The van der Waals surface area contributed by atoms with Gasteiger partial charge in [-0.25, -0.2) is 0 Å². The van der Waals surface area contributed by atoms with Gasteiger partial charge in [0.05, 0.1) is 5.75 Å². The molecule has 0 spiro atoms. The van der Waals surface area contributed by atoms with Gasteiger partial charge in [0.25, 0.3) is 10.1 Å². The Morgan fingerprint density at radius 2 is 1.11 bits per heavy atom. The highest BCUT2D eigenvalue weighted by Gasteiger charge is 2.17. The zero-order valence-corrected chi connectivity index (χ0v) is 14.2. The van der Waals surface area contributed by atoms with Crippen LogP contribution in [0.1, 0.15) is 64.2 Å². The summed E-state index contributed by atoms with van der Waals surface area (Å²) in [5.74, 6) is -0.121. The number of unbranched alkanes of at least 4 members (excludes halogenated alkanes) is 8. The van der Waals surface area contributed by atoms with E-state index in [1.807, 2.05) is 0 Å². The van der Waals surface area contributed by atoms with Crippen molar-refractivity contribution in [2.75, 3.05) is 5.75 Å². The molecule has 0 aliphatic heterocycles. The normalized spacial score (nSPS) is 12.8. The molecule has 3 nitrogen and oxygen atoms in total. The molecule has 0 fully saturated rings. The lowest BCUT2D eigenvalue weighted by atomic mass is 10.1. The SMILES string of the molecule is O=S(=O)(O)CCCCCCCCCCCC(Cl)(Cl)Cl. The van der Waals surface area contributed by atoms with Gasteiger partial charge in [0.15, 0.2) is 3.79 Å². The summed E-state index contributed by atoms with van der Waals surface area (Å²) in [7, 11) is -3.78. The molecule has 7 heteroatoms. The summed E-state index contributed by atoms with van der Waals surface area (Å²) in [5.41, 5.74) is 0. The number of alkyl halides is 3. The maximum absolute atomic E-state index is 10.5. The topological polar surface area (TPSA) is 54.4 Å². The second-order valence-electron chi connectivity index (χ2n) is 4.83. The Labute approximate surface area is 131 Å². The van der Waals surface area contributed by atoms with Crippen LogP contribution in [-0.2, 0) is 10.1 Å². The minimum Gasteiger partial charge on any atom is -0.286 e. The fourth-order valence-corrected chi connectivity index (χ4v) is 2.82. The van der Waals surface area contributed by atoms with Crippen LogP contribution in [0.3, 0.4) is 0 Å². The highest BCUT2D eigenvalue weighted by atomic mass is 35.6. The van der Waals surface area contributed by atoms with Gasteiger partial charge in [0.1, 0.15) is 0 Å². The molecule has 0 rings (SSSR count). The molecule has 0 amide bonds. The van der Waals surface area contributed by atoms with E-state index in [9.17, 15) is 8.42 Å². The summed E-state index contributed by atoms with van der Waals surface area (Å²) in [6, 6.07) is 0. The zero-order valence-electron chi connectivity index (χ0n) is 11.1. The van der Waals surface area contributed by atoms with Crippen molar-refractivity contribution < 1.29 is 13.0 Å². The number of hydrogen-bond acceptors (Lipinski definition) is 2. The van der Waals surface area contributed by atoms with Crippen molar-refractivity contribution in [3.63, 3.8) is 0 Å². The van der Waals surface area contributed by atoms with Crippen molar-refractivity contribution in [3.05, 3.63) is 0 Å². The lowest BCUT2D eigenvalue weighted by molar-refractivity contribution is 0.478. The predicted octanol–water partition coefficient (Wildman–Crippen LogP) is 5.15. The van der Waals surface area contributed by atoms with Gasteiger partial charge in [0, 0.05) is 0 Å². The quantitative estimate of drug-likeness (QED) is 0.317. The fraction of sp³-hybridized carbons (Fsp3) is 1.00. The molecular weight excluding hydrogens is 331 g/mol. The van der Waals surface area contributed by atoms with Gasteiger partial charge in [-0.05, 0) is 19.3 Å². The van der Waals surface area contributed by atoms with E-state index < -0.39 is 13.9 Å². The van der Waals surface area contributed by atoms with E-state index in [1.54, 1.807) is 0 Å². The number of rotatable bonds is 11. The van der Waals surface area contributed by atoms with Gasteiger partial charge in [-0.3, -0.25) is 4.55 Å². The van der Waals surface area contributed by atoms with Crippen LogP contribution >= 0.6 is 34.8 Å². The summed E-state index contributed by atoms with van der Waals surface area (Å²) >= 11 is 16.9. The van der Waals surface area contributed by atoms with Crippen molar-refractivity contribution in [2.24, 2.45) is 0 Å². The van der Waals surface area contributed by atoms with Gasteiger partial charge in [-0.1, -0.05) is 79.7 Å². The molecule has 0 aromatic rings. The molecule has 0 aromatic carbocycles. The van der Waals surface area contributed by atoms with Crippen molar-refractivity contribution in [3.8, 4) is 0 Å². The molecular formula is C12H23Cl3O3S. The van der Waals surface area contributed by atoms with Gasteiger partial charge in [-0.15, -0.1) is 0 Å². The maximum Gasteiger partial charge on any atom is 0.264 e. The summed E-state index contributed by atoms with van der Waals surface area (Å²) < 4.78 is 28.4. The van der Waals surface area contributed by atoms with Crippen LogP contribution in [0.5, 0.6) is 0 Å². The largest absolute Gasteiger partial charge is 0.286 e. The lowest BCUT2D eigenvalue weighted by Crippen LogP contribution is -2.03. The van der Waals surface area contributed by atoms with Crippen molar-refractivity contribution in [2.45, 2.75) is 68.0 Å². The van der Waals surface area contributed by atoms with Crippen LogP contribution in [0.15, 0.2) is 0 Å². The van der Waals surface area contributed by atoms with Gasteiger partial charge in [-0.2, -0.15) is 8.42 Å². The highest BCUT2D eigenvalue weighted by Crippen LogP contribution is 2.32. The van der Waals surface area contributed by atoms with E-state index in [0.29, 0.717) is 12.8 Å². The van der Waals surface area contributed by atoms with Gasteiger partial charge < -0.3 is 0 Å². The van der Waals surface area contributed by atoms with E-state index in [0.717, 1.165) is 51.4 Å². The molecule has 116 valence electrons. The summed E-state index contributed by atoms with van der Waals surface area (Å²) in [6.45, 7) is 0. The van der Waals surface area contributed by atoms with Crippen molar-refractivity contribution >= 4 is 44.9 Å². The van der Waals surface area contributed by atoms with Crippen LogP contribution in [0.4, 0.5) is 0 Å². The summed E-state index contributed by atoms with van der Waals surface area (Å²) in [4.78, 5) is 0. The Kier molecular flexibility index (Phi) is 10.9. The Bertz CT molecular complexity index is 313. The third-order valence-corrected chi connectivity index (χ3v) is 4.23. The summed E-state index contributed by atoms with van der Waals surface area (Å²) in [6.07, 6.45) is 9.60. The number of hydrogen-bond donors (Lipinski definition) is 1. The third-order valence-electron chi connectivity index (χ3n) is 2.86. The van der Waals surface area contributed by atoms with E-state index >= 15 is 0 Å². The first-order chi connectivity index (χ1) is 8.71. The first-order valence-electron chi connectivity index (χ1n) is 6.73. The number of halogens is 3. The van der Waals surface area contributed by atoms with Gasteiger partial charge >= 0.3 is 0 Å². The highest BCUT2D eigenvalue weighted by molar-refractivity contribution is 7.85. The molecule has 0 atom stereocenters. The van der Waals surface area contributed by atoms with Crippen molar-refractivity contribution in [1.82, 2.24) is 0 Å². The predicted molar refractivity (Wildman–Crippen MR) is 82.9 cm³/mol. The van der Waals surface area contributed by atoms with Crippen LogP contribution in [0.25, 0.3) is 0 Å². The molecule has 0 unspecified atom stereocenters. The molecule has 0 saturated carbocycles. The van der Waals surface area contributed by atoms with Crippen LogP contribution in [0.2, 0.25) is 0 Å². The molecule has 0 aromatic heterocycles. The molecule has 19 heavy (non-hydrogen) atoms. The fourth-order valence-electron chi connectivity index (χ4n) is 1.85. The van der Waals surface area contributed by atoms with E-state index in [-0.39, 0.29) is 5.75 Å². The smallest absolute Gasteiger partial charge is 0.264 e. The Morgan fingerprint density at radius 1 is 0.737 bits per heavy atom. The van der Waals surface area contributed by atoms with E-state index in [1.165, 1.54) is 0 Å². The molecule has 0 bridgehead atoms. The monoisotopic (exact) mass is 352 g/mol. The van der Waals surface area contributed by atoms with Crippen LogP contribution < -0.4 is 0 Å². The average Bonchev–Trinajstić information content (AvgIpc) is 2.22. The molecule has 0 aliphatic carbocycles. The van der Waals surface area contributed by atoms with Crippen LogP contribution in [-0.4, -0.2) is 22.5 Å². The van der Waals surface area contributed by atoms with Crippen LogP contribution in [0, 0.1) is 0 Å². The second-order valence-corrected chi connectivity index (χ2v) is 8.92. The second kappa shape index (κ2) is 10.5. The summed E-state index contributed by atoms with van der Waals surface area (Å²) in [5, 5.41) is 0. The Morgan fingerprint density at radius 3 is 1.47 bits per heavy atom. The first kappa shape index (κ1) is 19.8. The third kappa shape index (κ3) is 18.8. The minimum atomic E-state index is -3.78. The van der Waals surface area contributed by atoms with Gasteiger partial charge in [0.2, 0.25) is 0 Å².